The summed E-state index contributed by atoms with van der Waals surface area (Å²) in [7, 11) is -3.64. The summed E-state index contributed by atoms with van der Waals surface area (Å²) in [6, 6.07) is 29.1. The van der Waals surface area contributed by atoms with Gasteiger partial charge in [0.1, 0.15) is 0 Å². The lowest BCUT2D eigenvalue weighted by molar-refractivity contribution is 0.102. The Morgan fingerprint density at radius 1 is 0.861 bits per heavy atom. The van der Waals surface area contributed by atoms with Crippen molar-refractivity contribution >= 4 is 62.3 Å². The van der Waals surface area contributed by atoms with Crippen LogP contribution in [-0.4, -0.2) is 20.6 Å². The molecule has 0 saturated carbocycles. The lowest BCUT2D eigenvalue weighted by Gasteiger charge is -2.24. The van der Waals surface area contributed by atoms with Crippen molar-refractivity contribution < 1.29 is 13.2 Å². The SMILES string of the molecule is CS(=O)(=O)N(Cc1ccc(C(=O)Nc2ccccc2Sc2ccccc2)cc1)c1cccc(Cl)c1Cl. The molecule has 0 aliphatic rings. The van der Waals surface area contributed by atoms with Crippen LogP contribution in [0, 0.1) is 0 Å². The summed E-state index contributed by atoms with van der Waals surface area (Å²) >= 11 is 13.9. The Morgan fingerprint density at radius 3 is 2.22 bits per heavy atom. The zero-order valence-corrected chi connectivity index (χ0v) is 22.3. The molecule has 0 spiro atoms. The molecule has 4 aromatic rings. The van der Waals surface area contributed by atoms with Gasteiger partial charge in [0.25, 0.3) is 5.91 Å². The second kappa shape index (κ2) is 11.4. The molecule has 0 fully saturated rings. The van der Waals surface area contributed by atoms with E-state index in [1.54, 1.807) is 54.2 Å². The Balaban J connectivity index is 1.51. The fourth-order valence-electron chi connectivity index (χ4n) is 3.46. The monoisotopic (exact) mass is 556 g/mol. The van der Waals surface area contributed by atoms with Crippen molar-refractivity contribution in [2.75, 3.05) is 15.9 Å². The highest BCUT2D eigenvalue weighted by Gasteiger charge is 2.22. The molecular weight excluding hydrogens is 535 g/mol. The van der Waals surface area contributed by atoms with Crippen LogP contribution >= 0.6 is 35.0 Å². The maximum Gasteiger partial charge on any atom is 0.255 e. The molecule has 0 heterocycles. The van der Waals surface area contributed by atoms with Crippen molar-refractivity contribution in [2.45, 2.75) is 16.3 Å². The van der Waals surface area contributed by atoms with E-state index in [9.17, 15) is 13.2 Å². The van der Waals surface area contributed by atoms with Crippen LogP contribution in [-0.2, 0) is 16.6 Å². The summed E-state index contributed by atoms with van der Waals surface area (Å²) in [4.78, 5) is 15.0. The third-order valence-electron chi connectivity index (χ3n) is 5.25. The molecular formula is C27H22Cl2N2O3S2. The molecule has 0 aliphatic carbocycles. The minimum Gasteiger partial charge on any atom is -0.321 e. The highest BCUT2D eigenvalue weighted by atomic mass is 35.5. The second-order valence-electron chi connectivity index (χ2n) is 7.90. The van der Waals surface area contributed by atoms with Gasteiger partial charge in [-0.1, -0.05) is 83.5 Å². The molecule has 36 heavy (non-hydrogen) atoms. The minimum atomic E-state index is -3.64. The van der Waals surface area contributed by atoms with Gasteiger partial charge in [0.05, 0.1) is 34.2 Å². The molecule has 9 heteroatoms. The Kier molecular flexibility index (Phi) is 8.26. The predicted octanol–water partition coefficient (Wildman–Crippen LogP) is 7.36. The van der Waals surface area contributed by atoms with E-state index >= 15 is 0 Å². The maximum absolute atomic E-state index is 13.0. The van der Waals surface area contributed by atoms with E-state index in [-0.39, 0.29) is 22.5 Å². The van der Waals surface area contributed by atoms with Crippen molar-refractivity contribution in [3.63, 3.8) is 0 Å². The highest BCUT2D eigenvalue weighted by molar-refractivity contribution is 7.99. The molecule has 0 saturated heterocycles. The zero-order chi connectivity index (χ0) is 25.7. The number of hydrogen-bond acceptors (Lipinski definition) is 4. The summed E-state index contributed by atoms with van der Waals surface area (Å²) in [5, 5.41) is 3.40. The van der Waals surface area contributed by atoms with Crippen LogP contribution < -0.4 is 9.62 Å². The summed E-state index contributed by atoms with van der Waals surface area (Å²) in [5.41, 5.74) is 2.14. The van der Waals surface area contributed by atoms with E-state index in [4.69, 9.17) is 23.2 Å². The van der Waals surface area contributed by atoms with Crippen LogP contribution in [0.4, 0.5) is 11.4 Å². The predicted molar refractivity (Wildman–Crippen MR) is 149 cm³/mol. The van der Waals surface area contributed by atoms with Crippen LogP contribution in [0.2, 0.25) is 10.0 Å². The number of carbonyl (C=O) groups is 1. The van der Waals surface area contributed by atoms with Crippen LogP contribution in [0.3, 0.4) is 0 Å². The third kappa shape index (κ3) is 6.42. The van der Waals surface area contributed by atoms with Crippen LogP contribution in [0.5, 0.6) is 0 Å². The topological polar surface area (TPSA) is 66.5 Å². The number of carbonyl (C=O) groups excluding carboxylic acids is 1. The van der Waals surface area contributed by atoms with Crippen LogP contribution in [0.1, 0.15) is 15.9 Å². The first-order valence-electron chi connectivity index (χ1n) is 10.9. The molecule has 5 nitrogen and oxygen atoms in total. The van der Waals surface area contributed by atoms with Gasteiger partial charge in [-0.3, -0.25) is 9.10 Å². The lowest BCUT2D eigenvalue weighted by Crippen LogP contribution is -2.29. The molecule has 1 N–H and O–H groups in total. The van der Waals surface area contributed by atoms with E-state index in [1.807, 2.05) is 54.6 Å². The van der Waals surface area contributed by atoms with Gasteiger partial charge in [-0.25, -0.2) is 8.42 Å². The third-order valence-corrected chi connectivity index (χ3v) is 8.27. The molecule has 0 aromatic heterocycles. The van der Waals surface area contributed by atoms with Gasteiger partial charge in [0.15, 0.2) is 0 Å². The van der Waals surface area contributed by atoms with Gasteiger partial charge >= 0.3 is 0 Å². The van der Waals surface area contributed by atoms with Gasteiger partial charge in [0.2, 0.25) is 10.0 Å². The molecule has 1 amide bonds. The summed E-state index contributed by atoms with van der Waals surface area (Å²) in [6.45, 7) is 0.0390. The molecule has 0 unspecified atom stereocenters. The normalized spacial score (nSPS) is 11.2. The second-order valence-corrected chi connectivity index (χ2v) is 11.7. The van der Waals surface area contributed by atoms with Crippen molar-refractivity contribution in [1.29, 1.82) is 0 Å². The molecule has 184 valence electrons. The van der Waals surface area contributed by atoms with Gasteiger partial charge in [-0.05, 0) is 54.1 Å². The van der Waals surface area contributed by atoms with E-state index < -0.39 is 10.0 Å². The fourth-order valence-corrected chi connectivity index (χ4v) is 5.73. The van der Waals surface area contributed by atoms with Gasteiger partial charge in [-0.2, -0.15) is 0 Å². The maximum atomic E-state index is 13.0. The summed E-state index contributed by atoms with van der Waals surface area (Å²) in [5.74, 6) is -0.263. The van der Waals surface area contributed by atoms with Crippen LogP contribution in [0.25, 0.3) is 0 Å². The van der Waals surface area contributed by atoms with Crippen molar-refractivity contribution in [1.82, 2.24) is 0 Å². The number of sulfonamides is 1. The van der Waals surface area contributed by atoms with Gasteiger partial charge in [0, 0.05) is 15.4 Å². The molecule has 0 aliphatic heterocycles. The van der Waals surface area contributed by atoms with Crippen molar-refractivity contribution in [3.05, 3.63) is 118 Å². The molecule has 4 rings (SSSR count). The Hall–Kier alpha value is -2.97. The van der Waals surface area contributed by atoms with E-state index in [0.717, 1.165) is 16.0 Å². The Bertz CT molecular complexity index is 1480. The minimum absolute atomic E-state index is 0.0390. The lowest BCUT2D eigenvalue weighted by atomic mass is 10.1. The average molecular weight is 558 g/mol. The zero-order valence-electron chi connectivity index (χ0n) is 19.2. The number of hydrogen-bond donors (Lipinski definition) is 1. The molecule has 0 bridgehead atoms. The van der Waals surface area contributed by atoms with Gasteiger partial charge in [-0.15, -0.1) is 0 Å². The van der Waals surface area contributed by atoms with Crippen LogP contribution in [0.15, 0.2) is 107 Å². The Labute approximate surface area is 225 Å². The Morgan fingerprint density at radius 2 is 1.53 bits per heavy atom. The number of rotatable bonds is 8. The first kappa shape index (κ1) is 26.1. The highest BCUT2D eigenvalue weighted by Crippen LogP contribution is 2.35. The molecule has 0 radical (unpaired) electrons. The molecule has 0 atom stereocenters. The fraction of sp³-hybridized carbons (Fsp3) is 0.0741. The smallest absolute Gasteiger partial charge is 0.255 e. The summed E-state index contributed by atoms with van der Waals surface area (Å²) in [6.07, 6.45) is 1.11. The number of amides is 1. The number of benzene rings is 4. The number of anilines is 2. The number of nitrogens with zero attached hydrogens (tertiary/aromatic N) is 1. The standard InChI is InChI=1S/C27H22Cl2N2O3S2/c1-36(33,34)31(24-12-7-10-22(28)26(24)29)18-19-14-16-20(17-15-19)27(32)30-23-11-5-6-13-25(23)35-21-8-3-2-4-9-21/h2-17H,18H2,1H3,(H,30,32). The van der Waals surface area contributed by atoms with Gasteiger partial charge < -0.3 is 5.32 Å². The first-order chi connectivity index (χ1) is 17.2. The molecule has 4 aromatic carbocycles. The first-order valence-corrected chi connectivity index (χ1v) is 14.3. The van der Waals surface area contributed by atoms with E-state index in [2.05, 4.69) is 5.32 Å². The van der Waals surface area contributed by atoms with E-state index in [0.29, 0.717) is 22.5 Å². The number of halogens is 2. The van der Waals surface area contributed by atoms with Crippen molar-refractivity contribution in [3.8, 4) is 0 Å². The summed E-state index contributed by atoms with van der Waals surface area (Å²) < 4.78 is 26.2. The number of nitrogens with one attached hydrogen (secondary N) is 1. The number of para-hydroxylation sites is 1. The quantitative estimate of drug-likeness (QED) is 0.246. The largest absolute Gasteiger partial charge is 0.321 e. The average Bonchev–Trinajstić information content (AvgIpc) is 2.86. The van der Waals surface area contributed by atoms with Crippen molar-refractivity contribution in [2.24, 2.45) is 0 Å². The van der Waals surface area contributed by atoms with E-state index in [1.165, 1.54) is 4.31 Å².